The highest BCUT2D eigenvalue weighted by Crippen LogP contribution is 2.27. The quantitative estimate of drug-likeness (QED) is 0.161. The zero-order chi connectivity index (χ0) is 33.5. The number of hydrogen-bond donors (Lipinski definition) is 1. The van der Waals surface area contributed by atoms with E-state index in [1.807, 2.05) is 70.3 Å². The summed E-state index contributed by atoms with van der Waals surface area (Å²) >= 11 is 7.83. The Labute approximate surface area is 282 Å². The number of anilines is 1. The van der Waals surface area contributed by atoms with E-state index in [1.54, 1.807) is 66.7 Å². The van der Waals surface area contributed by atoms with E-state index in [0.717, 1.165) is 20.3 Å². The molecule has 0 fully saturated rings. The van der Waals surface area contributed by atoms with Gasteiger partial charge in [0.1, 0.15) is 12.6 Å². The number of sulfonamides is 1. The maximum Gasteiger partial charge on any atom is 0.264 e. The Morgan fingerprint density at radius 3 is 2.09 bits per heavy atom. The summed E-state index contributed by atoms with van der Waals surface area (Å²) in [6.07, 6.45) is 2.14. The number of carbonyl (C=O) groups is 2. The molecule has 4 aromatic carbocycles. The summed E-state index contributed by atoms with van der Waals surface area (Å²) in [5.41, 5.74) is 2.28. The molecule has 0 spiro atoms. The molecule has 0 aliphatic heterocycles. The van der Waals surface area contributed by atoms with Crippen LogP contribution in [-0.2, 0) is 32.6 Å². The summed E-state index contributed by atoms with van der Waals surface area (Å²) in [6.45, 7) is 7.05. The van der Waals surface area contributed by atoms with E-state index in [-0.39, 0.29) is 23.8 Å². The van der Waals surface area contributed by atoms with Crippen molar-refractivity contribution < 1.29 is 18.0 Å². The molecule has 1 unspecified atom stereocenters. The number of halogens is 1. The summed E-state index contributed by atoms with van der Waals surface area (Å²) in [4.78, 5) is 31.0. The number of nitrogens with one attached hydrogen (secondary N) is 1. The van der Waals surface area contributed by atoms with Crippen molar-refractivity contribution in [2.75, 3.05) is 17.1 Å². The van der Waals surface area contributed by atoms with Crippen LogP contribution in [0.2, 0.25) is 5.02 Å². The SMILES string of the molecule is CSc1ccc(S(=O)(=O)N(CC(=O)N(Cc2cccc(Cl)c2)C(Cc2ccccc2)C(=O)NC(C)(C)C)c2ccc(C)cc2)cc1. The lowest BCUT2D eigenvalue weighted by Crippen LogP contribution is -2.56. The van der Waals surface area contributed by atoms with Crippen LogP contribution in [0.1, 0.15) is 37.5 Å². The molecule has 7 nitrogen and oxygen atoms in total. The number of rotatable bonds is 12. The summed E-state index contributed by atoms with van der Waals surface area (Å²) in [6, 6.07) is 29.1. The van der Waals surface area contributed by atoms with Crippen LogP contribution >= 0.6 is 23.4 Å². The Kier molecular flexibility index (Phi) is 11.6. The van der Waals surface area contributed by atoms with E-state index >= 15 is 0 Å². The van der Waals surface area contributed by atoms with E-state index in [2.05, 4.69) is 5.32 Å². The topological polar surface area (TPSA) is 86.8 Å². The van der Waals surface area contributed by atoms with Gasteiger partial charge in [-0.2, -0.15) is 0 Å². The van der Waals surface area contributed by atoms with Crippen molar-refractivity contribution in [3.05, 3.63) is 125 Å². The predicted molar refractivity (Wildman–Crippen MR) is 188 cm³/mol. The van der Waals surface area contributed by atoms with E-state index < -0.39 is 34.1 Å². The van der Waals surface area contributed by atoms with Gasteiger partial charge < -0.3 is 10.2 Å². The second-order valence-electron chi connectivity index (χ2n) is 12.1. The molecule has 1 atom stereocenters. The number of nitrogens with zero attached hydrogens (tertiary/aromatic N) is 2. The standard InChI is InChI=1S/C36H40ClN3O4S2/c1-26-14-16-30(17-15-26)40(46(43,44)32-20-18-31(45-5)19-21-32)25-34(41)39(24-28-12-9-13-29(37)22-28)33(35(42)38-36(2,3)4)23-27-10-7-6-8-11-27/h6-22,33H,23-25H2,1-5H3,(H,38,42). The van der Waals surface area contributed by atoms with Gasteiger partial charge in [0.2, 0.25) is 11.8 Å². The Balaban J connectivity index is 1.81. The van der Waals surface area contributed by atoms with Gasteiger partial charge in [0.25, 0.3) is 10.0 Å². The van der Waals surface area contributed by atoms with E-state index in [1.165, 1.54) is 16.7 Å². The van der Waals surface area contributed by atoms with Crippen LogP contribution in [0.4, 0.5) is 5.69 Å². The van der Waals surface area contributed by atoms with Crippen molar-refractivity contribution in [2.45, 2.75) is 62.0 Å². The molecular formula is C36H40ClN3O4S2. The second kappa shape index (κ2) is 15.2. The third-order valence-corrected chi connectivity index (χ3v) is 10.0. The first-order valence-corrected chi connectivity index (χ1v) is 17.9. The molecule has 0 saturated heterocycles. The van der Waals surface area contributed by atoms with Gasteiger partial charge in [0.15, 0.2) is 0 Å². The Morgan fingerprint density at radius 1 is 0.870 bits per heavy atom. The molecule has 0 aliphatic carbocycles. The minimum atomic E-state index is -4.18. The summed E-state index contributed by atoms with van der Waals surface area (Å²) in [5, 5.41) is 3.52. The first-order chi connectivity index (χ1) is 21.8. The van der Waals surface area contributed by atoms with Crippen LogP contribution < -0.4 is 9.62 Å². The normalized spacial score (nSPS) is 12.3. The number of thioether (sulfide) groups is 1. The van der Waals surface area contributed by atoms with Crippen molar-refractivity contribution >= 4 is 50.9 Å². The molecule has 0 radical (unpaired) electrons. The molecule has 46 heavy (non-hydrogen) atoms. The molecule has 1 N–H and O–H groups in total. The lowest BCUT2D eigenvalue weighted by Gasteiger charge is -2.35. The first kappa shape index (κ1) is 35.1. The summed E-state index contributed by atoms with van der Waals surface area (Å²) < 4.78 is 29.5. The van der Waals surface area contributed by atoms with Crippen molar-refractivity contribution in [2.24, 2.45) is 0 Å². The number of hydrogen-bond acceptors (Lipinski definition) is 5. The first-order valence-electron chi connectivity index (χ1n) is 14.9. The highest BCUT2D eigenvalue weighted by atomic mass is 35.5. The van der Waals surface area contributed by atoms with Crippen molar-refractivity contribution in [1.82, 2.24) is 10.2 Å². The fourth-order valence-corrected chi connectivity index (χ4v) is 6.99. The van der Waals surface area contributed by atoms with Gasteiger partial charge >= 0.3 is 0 Å². The van der Waals surface area contributed by atoms with Crippen LogP contribution in [0, 0.1) is 6.92 Å². The molecule has 0 aliphatic rings. The Bertz CT molecular complexity index is 1740. The van der Waals surface area contributed by atoms with Gasteiger partial charge in [-0.3, -0.25) is 13.9 Å². The van der Waals surface area contributed by atoms with Crippen LogP contribution in [0.15, 0.2) is 113 Å². The Hall–Kier alpha value is -3.79. The van der Waals surface area contributed by atoms with Crippen molar-refractivity contribution in [3.8, 4) is 0 Å². The molecule has 0 bridgehead atoms. The second-order valence-corrected chi connectivity index (χ2v) is 15.3. The molecule has 0 saturated carbocycles. The van der Waals surface area contributed by atoms with Crippen LogP contribution in [-0.4, -0.2) is 49.5 Å². The van der Waals surface area contributed by atoms with Crippen LogP contribution in [0.25, 0.3) is 0 Å². The molecular weight excluding hydrogens is 638 g/mol. The average Bonchev–Trinajstić information content (AvgIpc) is 3.01. The summed E-state index contributed by atoms with van der Waals surface area (Å²) in [5.74, 6) is -0.876. The minimum Gasteiger partial charge on any atom is -0.350 e. The van der Waals surface area contributed by atoms with E-state index in [0.29, 0.717) is 16.3 Å². The van der Waals surface area contributed by atoms with Gasteiger partial charge in [-0.25, -0.2) is 8.42 Å². The average molecular weight is 678 g/mol. The third kappa shape index (κ3) is 9.37. The van der Waals surface area contributed by atoms with Gasteiger partial charge in [-0.05, 0) is 93.6 Å². The van der Waals surface area contributed by atoms with E-state index in [4.69, 9.17) is 11.6 Å². The smallest absolute Gasteiger partial charge is 0.264 e. The maximum absolute atomic E-state index is 14.6. The minimum absolute atomic E-state index is 0.0403. The number of aryl methyl sites for hydroxylation is 1. The molecule has 4 aromatic rings. The number of benzene rings is 4. The highest BCUT2D eigenvalue weighted by molar-refractivity contribution is 7.98. The monoisotopic (exact) mass is 677 g/mol. The molecule has 242 valence electrons. The predicted octanol–water partition coefficient (Wildman–Crippen LogP) is 7.12. The largest absolute Gasteiger partial charge is 0.350 e. The fraction of sp³-hybridized carbons (Fsp3) is 0.278. The van der Waals surface area contributed by atoms with Gasteiger partial charge in [0, 0.05) is 28.4 Å². The van der Waals surface area contributed by atoms with Crippen molar-refractivity contribution in [3.63, 3.8) is 0 Å². The Morgan fingerprint density at radius 2 is 1.50 bits per heavy atom. The molecule has 0 aromatic heterocycles. The molecule has 0 heterocycles. The number of carbonyl (C=O) groups excluding carboxylic acids is 2. The highest BCUT2D eigenvalue weighted by Gasteiger charge is 2.35. The summed E-state index contributed by atoms with van der Waals surface area (Å²) in [7, 11) is -4.18. The third-order valence-electron chi connectivity index (χ3n) is 7.26. The van der Waals surface area contributed by atoms with Gasteiger partial charge in [0.05, 0.1) is 10.6 Å². The van der Waals surface area contributed by atoms with Crippen LogP contribution in [0.3, 0.4) is 0 Å². The van der Waals surface area contributed by atoms with E-state index in [9.17, 15) is 18.0 Å². The zero-order valence-electron chi connectivity index (χ0n) is 26.7. The molecule has 2 amide bonds. The van der Waals surface area contributed by atoms with Crippen molar-refractivity contribution in [1.29, 1.82) is 0 Å². The lowest BCUT2D eigenvalue weighted by molar-refractivity contribution is -0.140. The lowest BCUT2D eigenvalue weighted by atomic mass is 10.0. The van der Waals surface area contributed by atoms with Gasteiger partial charge in [-0.1, -0.05) is 71.8 Å². The maximum atomic E-state index is 14.6. The fourth-order valence-electron chi connectivity index (χ4n) is 4.95. The zero-order valence-corrected chi connectivity index (χ0v) is 29.1. The number of amides is 2. The molecule has 4 rings (SSSR count). The van der Waals surface area contributed by atoms with Gasteiger partial charge in [-0.15, -0.1) is 11.8 Å². The van der Waals surface area contributed by atoms with Crippen LogP contribution in [0.5, 0.6) is 0 Å². The molecule has 10 heteroatoms.